The molecule has 0 aromatic heterocycles. The van der Waals surface area contributed by atoms with Gasteiger partial charge in [-0.15, -0.1) is 0 Å². The summed E-state index contributed by atoms with van der Waals surface area (Å²) in [5.74, 6) is 0.940. The molecule has 66 valence electrons. The Balaban J connectivity index is 2.41. The summed E-state index contributed by atoms with van der Waals surface area (Å²) >= 11 is 3.76. The first kappa shape index (κ1) is 9.57. The van der Waals surface area contributed by atoms with Gasteiger partial charge in [-0.3, -0.25) is 0 Å². The van der Waals surface area contributed by atoms with Gasteiger partial charge in [-0.2, -0.15) is 0 Å². The maximum Gasteiger partial charge on any atom is 0.0171 e. The molecule has 2 atom stereocenters. The second kappa shape index (κ2) is 3.47. The third-order valence-corrected chi connectivity index (χ3v) is 4.30. The quantitative estimate of drug-likeness (QED) is 0.616. The van der Waals surface area contributed by atoms with Gasteiger partial charge < -0.3 is 0 Å². The van der Waals surface area contributed by atoms with Gasteiger partial charge in [-0.05, 0) is 37.0 Å². The molecule has 0 nitrogen and oxygen atoms in total. The van der Waals surface area contributed by atoms with Crippen LogP contribution >= 0.6 is 15.9 Å². The van der Waals surface area contributed by atoms with E-state index in [1.807, 2.05) is 0 Å². The van der Waals surface area contributed by atoms with Crippen molar-refractivity contribution in [2.75, 3.05) is 0 Å². The van der Waals surface area contributed by atoms with Crippen LogP contribution in [-0.4, -0.2) is 4.83 Å². The Morgan fingerprint density at radius 2 is 2.18 bits per heavy atom. The first-order chi connectivity index (χ1) is 5.05. The number of rotatable bonds is 2. The van der Waals surface area contributed by atoms with Gasteiger partial charge >= 0.3 is 0 Å². The highest BCUT2D eigenvalue weighted by atomic mass is 79.9. The van der Waals surface area contributed by atoms with Crippen LogP contribution in [0.15, 0.2) is 0 Å². The second-order valence-corrected chi connectivity index (χ2v) is 5.77. The van der Waals surface area contributed by atoms with Gasteiger partial charge in [-0.25, -0.2) is 0 Å². The predicted octanol–water partition coefficient (Wildman–Crippen LogP) is 3.99. The lowest BCUT2D eigenvalue weighted by molar-refractivity contribution is 0.357. The van der Waals surface area contributed by atoms with Gasteiger partial charge in [0.15, 0.2) is 0 Å². The highest BCUT2D eigenvalue weighted by Gasteiger charge is 2.33. The van der Waals surface area contributed by atoms with Gasteiger partial charge in [-0.1, -0.05) is 36.7 Å². The minimum atomic E-state index is 0.617. The zero-order valence-electron chi connectivity index (χ0n) is 7.86. The van der Waals surface area contributed by atoms with Crippen LogP contribution in [0.25, 0.3) is 0 Å². The van der Waals surface area contributed by atoms with E-state index in [9.17, 15) is 0 Å². The molecule has 11 heavy (non-hydrogen) atoms. The highest BCUT2D eigenvalue weighted by Crippen LogP contribution is 2.44. The molecular formula is C10H19Br. The van der Waals surface area contributed by atoms with Crippen molar-refractivity contribution in [2.45, 2.75) is 51.3 Å². The summed E-state index contributed by atoms with van der Waals surface area (Å²) in [5, 5.41) is 0. The van der Waals surface area contributed by atoms with E-state index >= 15 is 0 Å². The standard InChI is InChI=1S/C10H19Br/c1-4-9(11)8-5-6-10(2,3)7-8/h8-9H,4-7H2,1-3H3. The van der Waals surface area contributed by atoms with Gasteiger partial charge in [0.25, 0.3) is 0 Å². The van der Waals surface area contributed by atoms with Crippen LogP contribution in [0.4, 0.5) is 0 Å². The summed E-state index contributed by atoms with van der Waals surface area (Å²) in [6.45, 7) is 7.05. The summed E-state index contributed by atoms with van der Waals surface area (Å²) in [5.41, 5.74) is 0.617. The van der Waals surface area contributed by atoms with Gasteiger partial charge in [0.05, 0.1) is 0 Å². The minimum Gasteiger partial charge on any atom is -0.0888 e. The zero-order chi connectivity index (χ0) is 8.48. The molecule has 2 unspecified atom stereocenters. The number of halogens is 1. The highest BCUT2D eigenvalue weighted by molar-refractivity contribution is 9.09. The van der Waals surface area contributed by atoms with Crippen LogP contribution in [-0.2, 0) is 0 Å². The fourth-order valence-corrected chi connectivity index (χ4v) is 2.58. The lowest BCUT2D eigenvalue weighted by Crippen LogP contribution is -2.12. The van der Waals surface area contributed by atoms with Crippen molar-refractivity contribution < 1.29 is 0 Å². The van der Waals surface area contributed by atoms with Crippen LogP contribution in [0.1, 0.15) is 46.5 Å². The summed E-state index contributed by atoms with van der Waals surface area (Å²) in [6.07, 6.45) is 5.54. The molecule has 0 spiro atoms. The molecule has 0 aromatic carbocycles. The Morgan fingerprint density at radius 3 is 2.55 bits per heavy atom. The van der Waals surface area contributed by atoms with E-state index in [0.29, 0.717) is 5.41 Å². The zero-order valence-corrected chi connectivity index (χ0v) is 9.45. The molecule has 0 aliphatic heterocycles. The van der Waals surface area contributed by atoms with E-state index < -0.39 is 0 Å². The Hall–Kier alpha value is 0.480. The molecule has 1 saturated carbocycles. The summed E-state index contributed by atoms with van der Waals surface area (Å²) in [6, 6.07) is 0. The van der Waals surface area contributed by atoms with Crippen molar-refractivity contribution in [2.24, 2.45) is 11.3 Å². The monoisotopic (exact) mass is 218 g/mol. The molecule has 0 aromatic rings. The average Bonchev–Trinajstić information content (AvgIpc) is 2.29. The number of hydrogen-bond donors (Lipinski definition) is 0. The molecule has 0 bridgehead atoms. The molecular weight excluding hydrogens is 200 g/mol. The first-order valence-corrected chi connectivity index (χ1v) is 5.61. The number of alkyl halides is 1. The van der Waals surface area contributed by atoms with E-state index in [-0.39, 0.29) is 0 Å². The van der Waals surface area contributed by atoms with E-state index in [0.717, 1.165) is 10.7 Å². The molecule has 1 aliphatic carbocycles. The van der Waals surface area contributed by atoms with Crippen LogP contribution in [0.5, 0.6) is 0 Å². The maximum absolute atomic E-state index is 3.76. The smallest absolute Gasteiger partial charge is 0.0171 e. The second-order valence-electron chi connectivity index (χ2n) is 4.59. The van der Waals surface area contributed by atoms with Crippen molar-refractivity contribution in [1.82, 2.24) is 0 Å². The van der Waals surface area contributed by atoms with Crippen molar-refractivity contribution in [3.63, 3.8) is 0 Å². The van der Waals surface area contributed by atoms with E-state index in [4.69, 9.17) is 0 Å². The van der Waals surface area contributed by atoms with Crippen LogP contribution < -0.4 is 0 Å². The fourth-order valence-electron chi connectivity index (χ4n) is 2.13. The topological polar surface area (TPSA) is 0 Å². The third-order valence-electron chi connectivity index (χ3n) is 2.91. The molecule has 0 saturated heterocycles. The molecule has 1 fully saturated rings. The molecule has 0 N–H and O–H groups in total. The van der Waals surface area contributed by atoms with Gasteiger partial charge in [0.1, 0.15) is 0 Å². The number of hydrogen-bond acceptors (Lipinski definition) is 0. The lowest BCUT2D eigenvalue weighted by Gasteiger charge is -2.19. The maximum atomic E-state index is 3.76. The fraction of sp³-hybridized carbons (Fsp3) is 1.00. The molecule has 1 heteroatoms. The van der Waals surface area contributed by atoms with Crippen molar-refractivity contribution >= 4 is 15.9 Å². The Labute approximate surface area is 78.9 Å². The van der Waals surface area contributed by atoms with Crippen molar-refractivity contribution in [1.29, 1.82) is 0 Å². The van der Waals surface area contributed by atoms with Crippen LogP contribution in [0.3, 0.4) is 0 Å². The predicted molar refractivity (Wildman–Crippen MR) is 54.1 cm³/mol. The molecule has 0 radical (unpaired) electrons. The SMILES string of the molecule is CCC(Br)C1CCC(C)(C)C1. The van der Waals surface area contributed by atoms with Crippen molar-refractivity contribution in [3.8, 4) is 0 Å². The normalized spacial score (nSPS) is 32.2. The van der Waals surface area contributed by atoms with Crippen LogP contribution in [0, 0.1) is 11.3 Å². The minimum absolute atomic E-state index is 0.617. The molecule has 1 aliphatic rings. The van der Waals surface area contributed by atoms with E-state index in [1.54, 1.807) is 0 Å². The van der Waals surface area contributed by atoms with E-state index in [1.165, 1.54) is 25.7 Å². The van der Waals surface area contributed by atoms with E-state index in [2.05, 4.69) is 36.7 Å². The van der Waals surface area contributed by atoms with Crippen LogP contribution in [0.2, 0.25) is 0 Å². The lowest BCUT2D eigenvalue weighted by atomic mass is 9.89. The van der Waals surface area contributed by atoms with Gasteiger partial charge in [0.2, 0.25) is 0 Å². The molecule has 1 rings (SSSR count). The van der Waals surface area contributed by atoms with Gasteiger partial charge in [0, 0.05) is 4.83 Å². The Morgan fingerprint density at radius 1 is 1.55 bits per heavy atom. The van der Waals surface area contributed by atoms with Crippen molar-refractivity contribution in [3.05, 3.63) is 0 Å². The summed E-state index contributed by atoms with van der Waals surface area (Å²) in [7, 11) is 0. The largest absolute Gasteiger partial charge is 0.0888 e. The Kier molecular flexibility index (Phi) is 3.02. The summed E-state index contributed by atoms with van der Waals surface area (Å²) < 4.78 is 0. The summed E-state index contributed by atoms with van der Waals surface area (Å²) in [4.78, 5) is 0.768. The third kappa shape index (κ3) is 2.47. The first-order valence-electron chi connectivity index (χ1n) is 4.69. The average molecular weight is 219 g/mol. The molecule has 0 amide bonds. The molecule has 0 heterocycles. The Bertz CT molecular complexity index is 129.